The van der Waals surface area contributed by atoms with E-state index in [0.717, 1.165) is 15.8 Å². The highest BCUT2D eigenvalue weighted by atomic mass is 32.1. The zero-order valence-corrected chi connectivity index (χ0v) is 7.98. The molecule has 0 amide bonds. The largest absolute Gasteiger partial charge is 0.337 e. The van der Waals surface area contributed by atoms with Crippen molar-refractivity contribution in [3.63, 3.8) is 0 Å². The van der Waals surface area contributed by atoms with E-state index in [1.54, 1.807) is 0 Å². The highest BCUT2D eigenvalue weighted by Gasteiger charge is 2.02. The molecular weight excluding hydrogens is 193 g/mol. The summed E-state index contributed by atoms with van der Waals surface area (Å²) in [5.74, 6) is -0.203. The Morgan fingerprint density at radius 2 is 2.25 bits per heavy atom. The number of aromatic nitrogens is 1. The van der Waals surface area contributed by atoms with Crippen LogP contribution in [0.15, 0.2) is 12.1 Å². The Labute approximate surface area is 77.9 Å². The minimum absolute atomic E-state index is 0.203. The van der Waals surface area contributed by atoms with Gasteiger partial charge in [0.2, 0.25) is 0 Å². The van der Waals surface area contributed by atoms with Crippen molar-refractivity contribution in [1.82, 2.24) is 4.98 Å². The zero-order valence-electron chi connectivity index (χ0n) is 6.35. The molecule has 0 aliphatic heterocycles. The van der Waals surface area contributed by atoms with Gasteiger partial charge in [-0.05, 0) is 36.8 Å². The summed E-state index contributed by atoms with van der Waals surface area (Å²) < 4.78 is 14.4. The molecule has 0 fully saturated rings. The molecule has 1 N–H and O–H groups in total. The third-order valence-electron chi connectivity index (χ3n) is 1.69. The van der Waals surface area contributed by atoms with Crippen LogP contribution in [0.3, 0.4) is 0 Å². The van der Waals surface area contributed by atoms with Gasteiger partial charge in [-0.15, -0.1) is 11.3 Å². The smallest absolute Gasteiger partial charge is 0.159 e. The molecule has 62 valence electrons. The van der Waals surface area contributed by atoms with Gasteiger partial charge in [-0.25, -0.2) is 4.39 Å². The molecule has 12 heavy (non-hydrogen) atoms. The van der Waals surface area contributed by atoms with Gasteiger partial charge in [-0.2, -0.15) is 0 Å². The number of benzene rings is 1. The summed E-state index contributed by atoms with van der Waals surface area (Å²) >= 11 is 6.36. The number of hydrogen-bond donors (Lipinski definition) is 1. The lowest BCUT2D eigenvalue weighted by Crippen LogP contribution is -1.78. The number of fused-ring (bicyclic) bond motifs is 1. The van der Waals surface area contributed by atoms with Crippen LogP contribution in [0.25, 0.3) is 10.2 Å². The summed E-state index contributed by atoms with van der Waals surface area (Å²) in [7, 11) is 0. The second-order valence-electron chi connectivity index (χ2n) is 2.61. The fourth-order valence-corrected chi connectivity index (χ4v) is 2.39. The molecule has 0 atom stereocenters. The van der Waals surface area contributed by atoms with Crippen LogP contribution >= 0.6 is 23.6 Å². The number of thiazole rings is 1. The minimum atomic E-state index is -0.203. The third kappa shape index (κ3) is 1.17. The Morgan fingerprint density at radius 1 is 1.50 bits per heavy atom. The van der Waals surface area contributed by atoms with Crippen molar-refractivity contribution in [1.29, 1.82) is 0 Å². The lowest BCUT2D eigenvalue weighted by Gasteiger charge is -1.94. The molecule has 0 radical (unpaired) electrons. The van der Waals surface area contributed by atoms with Crippen molar-refractivity contribution in [2.75, 3.05) is 0 Å². The Bertz CT molecular complexity index is 483. The Balaban J connectivity index is 2.97. The molecule has 1 aromatic heterocycles. The van der Waals surface area contributed by atoms with Crippen molar-refractivity contribution in [3.05, 3.63) is 27.5 Å². The predicted molar refractivity (Wildman–Crippen MR) is 51.7 cm³/mol. The average molecular weight is 199 g/mol. The van der Waals surface area contributed by atoms with Crippen molar-refractivity contribution in [2.45, 2.75) is 6.92 Å². The van der Waals surface area contributed by atoms with Crippen LogP contribution < -0.4 is 0 Å². The molecule has 0 saturated heterocycles. The SMILES string of the molecule is Cc1cc(F)cc2sc(=S)[nH]c12. The quantitative estimate of drug-likeness (QED) is 0.643. The van der Waals surface area contributed by atoms with Crippen molar-refractivity contribution in [2.24, 2.45) is 0 Å². The van der Waals surface area contributed by atoms with Gasteiger partial charge in [-0.1, -0.05) is 0 Å². The van der Waals surface area contributed by atoms with E-state index < -0.39 is 0 Å². The second-order valence-corrected chi connectivity index (χ2v) is 4.33. The first-order valence-corrected chi connectivity index (χ1v) is 4.68. The first kappa shape index (κ1) is 7.89. The van der Waals surface area contributed by atoms with E-state index in [1.165, 1.54) is 23.5 Å². The van der Waals surface area contributed by atoms with E-state index in [9.17, 15) is 4.39 Å². The lowest BCUT2D eigenvalue weighted by molar-refractivity contribution is 0.629. The number of halogens is 1. The third-order valence-corrected chi connectivity index (χ3v) is 2.88. The van der Waals surface area contributed by atoms with Gasteiger partial charge in [-0.3, -0.25) is 0 Å². The molecule has 2 aromatic rings. The molecule has 0 bridgehead atoms. The van der Waals surface area contributed by atoms with Crippen LogP contribution in [0.4, 0.5) is 4.39 Å². The molecule has 4 heteroatoms. The highest BCUT2D eigenvalue weighted by Crippen LogP contribution is 2.23. The van der Waals surface area contributed by atoms with E-state index in [-0.39, 0.29) is 5.82 Å². The molecule has 0 aliphatic carbocycles. The molecular formula is C8H6FNS2. The fraction of sp³-hybridized carbons (Fsp3) is 0.125. The number of aromatic amines is 1. The molecule has 1 heterocycles. The highest BCUT2D eigenvalue weighted by molar-refractivity contribution is 7.73. The van der Waals surface area contributed by atoms with Crippen LogP contribution in [0.5, 0.6) is 0 Å². The van der Waals surface area contributed by atoms with E-state index >= 15 is 0 Å². The maximum atomic E-state index is 12.9. The molecule has 1 aromatic carbocycles. The summed E-state index contributed by atoms with van der Waals surface area (Å²) in [4.78, 5) is 3.02. The molecule has 1 nitrogen and oxygen atoms in total. The minimum Gasteiger partial charge on any atom is -0.337 e. The summed E-state index contributed by atoms with van der Waals surface area (Å²) in [5.41, 5.74) is 1.85. The van der Waals surface area contributed by atoms with Crippen molar-refractivity contribution in [3.8, 4) is 0 Å². The van der Waals surface area contributed by atoms with Gasteiger partial charge >= 0.3 is 0 Å². The second kappa shape index (κ2) is 2.64. The number of rotatable bonds is 0. The zero-order chi connectivity index (χ0) is 8.72. The van der Waals surface area contributed by atoms with E-state index in [2.05, 4.69) is 4.98 Å². The van der Waals surface area contributed by atoms with Gasteiger partial charge in [0.15, 0.2) is 3.95 Å². The number of hydrogen-bond acceptors (Lipinski definition) is 2. The maximum absolute atomic E-state index is 12.9. The Hall–Kier alpha value is -0.740. The average Bonchev–Trinajstić information content (AvgIpc) is 2.29. The van der Waals surface area contributed by atoms with Crippen LogP contribution in [-0.4, -0.2) is 4.98 Å². The standard InChI is InChI=1S/C8H6FNS2/c1-4-2-5(9)3-6-7(4)10-8(11)12-6/h2-3H,1H3,(H,10,11). The van der Waals surface area contributed by atoms with Crippen LogP contribution in [0.1, 0.15) is 5.56 Å². The normalized spacial score (nSPS) is 10.8. The summed E-state index contributed by atoms with van der Waals surface area (Å²) in [5, 5.41) is 0. The van der Waals surface area contributed by atoms with Gasteiger partial charge in [0.1, 0.15) is 5.82 Å². The van der Waals surface area contributed by atoms with E-state index in [4.69, 9.17) is 12.2 Å². The van der Waals surface area contributed by atoms with Gasteiger partial charge in [0, 0.05) is 0 Å². The maximum Gasteiger partial charge on any atom is 0.159 e. The van der Waals surface area contributed by atoms with E-state index in [1.807, 2.05) is 6.92 Å². The Morgan fingerprint density at radius 3 is 3.00 bits per heavy atom. The molecule has 2 rings (SSSR count). The van der Waals surface area contributed by atoms with Crippen LogP contribution in [0.2, 0.25) is 0 Å². The van der Waals surface area contributed by atoms with Gasteiger partial charge in [0.05, 0.1) is 10.2 Å². The van der Waals surface area contributed by atoms with Crippen LogP contribution in [0, 0.1) is 16.7 Å². The number of aryl methyl sites for hydroxylation is 1. The fourth-order valence-electron chi connectivity index (χ4n) is 1.18. The van der Waals surface area contributed by atoms with Crippen molar-refractivity contribution >= 4 is 33.8 Å². The Kier molecular flexibility index (Phi) is 1.73. The van der Waals surface area contributed by atoms with Crippen molar-refractivity contribution < 1.29 is 4.39 Å². The number of H-pyrrole nitrogens is 1. The lowest BCUT2D eigenvalue weighted by atomic mass is 10.2. The molecule has 0 unspecified atom stereocenters. The predicted octanol–water partition coefficient (Wildman–Crippen LogP) is 3.41. The summed E-state index contributed by atoms with van der Waals surface area (Å²) in [6.45, 7) is 1.86. The topological polar surface area (TPSA) is 15.8 Å². The molecule has 0 saturated carbocycles. The number of nitrogens with one attached hydrogen (secondary N) is 1. The first-order chi connectivity index (χ1) is 5.66. The molecule has 0 spiro atoms. The van der Waals surface area contributed by atoms with Crippen LogP contribution in [-0.2, 0) is 0 Å². The monoisotopic (exact) mass is 199 g/mol. The van der Waals surface area contributed by atoms with E-state index in [0.29, 0.717) is 3.95 Å². The summed E-state index contributed by atoms with van der Waals surface area (Å²) in [6, 6.07) is 3.00. The van der Waals surface area contributed by atoms with Gasteiger partial charge < -0.3 is 4.98 Å². The van der Waals surface area contributed by atoms with Gasteiger partial charge in [0.25, 0.3) is 0 Å². The first-order valence-electron chi connectivity index (χ1n) is 3.46. The molecule has 0 aliphatic rings. The summed E-state index contributed by atoms with van der Waals surface area (Å²) in [6.07, 6.45) is 0.